The largest absolute Gasteiger partial charge is 0.457 e. The van der Waals surface area contributed by atoms with Crippen molar-refractivity contribution in [3.8, 4) is 0 Å². The number of pyridine rings is 1. The molecule has 0 aromatic carbocycles. The van der Waals surface area contributed by atoms with Crippen LogP contribution in [0.25, 0.3) is 0 Å². The van der Waals surface area contributed by atoms with Crippen LogP contribution in [0, 0.1) is 5.92 Å². The van der Waals surface area contributed by atoms with Gasteiger partial charge in [-0.3, -0.25) is 14.6 Å². The fourth-order valence-corrected chi connectivity index (χ4v) is 1.92. The van der Waals surface area contributed by atoms with Gasteiger partial charge in [-0.05, 0) is 25.0 Å². The molecule has 1 aliphatic rings. The van der Waals surface area contributed by atoms with E-state index in [1.165, 1.54) is 18.3 Å². The predicted octanol–water partition coefficient (Wildman–Crippen LogP) is 0.329. The number of hydrogen-bond donors (Lipinski definition) is 1. The second-order valence-electron chi connectivity index (χ2n) is 4.33. The zero-order chi connectivity index (χ0) is 13.8. The third kappa shape index (κ3) is 4.13. The van der Waals surface area contributed by atoms with Crippen molar-refractivity contribution in [3.05, 3.63) is 29.6 Å². The van der Waals surface area contributed by atoms with Crippen LogP contribution in [0.15, 0.2) is 18.3 Å². The topological polar surface area (TPSA) is 90.4 Å². The van der Waals surface area contributed by atoms with Gasteiger partial charge in [0.15, 0.2) is 6.61 Å². The van der Waals surface area contributed by atoms with Gasteiger partial charge in [0, 0.05) is 11.8 Å². The Balaban J connectivity index is 1.89. The Bertz CT molecular complexity index is 552. The molecule has 0 radical (unpaired) electrons. The Hall–Kier alpha value is -1.76. The van der Waals surface area contributed by atoms with Crippen molar-refractivity contribution in [2.45, 2.75) is 18.6 Å². The number of ether oxygens (including phenoxy) is 1. The van der Waals surface area contributed by atoms with Crippen LogP contribution in [0.4, 0.5) is 0 Å². The Morgan fingerprint density at radius 2 is 2.05 bits per heavy atom. The summed E-state index contributed by atoms with van der Waals surface area (Å²) in [6.45, 7) is -0.299. The van der Waals surface area contributed by atoms with E-state index in [4.69, 9.17) is 4.74 Å². The fraction of sp³-hybridized carbons (Fsp3) is 0.417. The Morgan fingerprint density at radius 3 is 2.58 bits per heavy atom. The number of carbonyl (C=O) groups is 2. The summed E-state index contributed by atoms with van der Waals surface area (Å²) in [4.78, 5) is 26.8. The summed E-state index contributed by atoms with van der Waals surface area (Å²) in [5.74, 6) is -0.872. The molecule has 1 saturated carbocycles. The molecule has 0 atom stereocenters. The average Bonchev–Trinajstić information content (AvgIpc) is 3.20. The third-order valence-electron chi connectivity index (χ3n) is 2.69. The molecule has 0 spiro atoms. The number of esters is 1. The molecular weight excluding hydrogens is 270 g/mol. The molecule has 0 unspecified atom stereocenters. The minimum atomic E-state index is -2.53. The van der Waals surface area contributed by atoms with E-state index in [1.807, 2.05) is 0 Å². The van der Waals surface area contributed by atoms with Crippen molar-refractivity contribution in [3.63, 3.8) is 0 Å². The Morgan fingerprint density at radius 1 is 1.32 bits per heavy atom. The van der Waals surface area contributed by atoms with Crippen molar-refractivity contribution in [2.24, 2.45) is 5.92 Å². The first-order valence-corrected chi connectivity index (χ1v) is 7.19. The van der Waals surface area contributed by atoms with Gasteiger partial charge in [-0.25, -0.2) is 8.42 Å². The van der Waals surface area contributed by atoms with E-state index in [-0.39, 0.29) is 30.0 Å². The first-order valence-electron chi connectivity index (χ1n) is 5.83. The SMILES string of the molecule is O=C(COC(=O)C1CC1)c1ccc(C[SH](=O)=O)nc1. The molecule has 1 heterocycles. The van der Waals surface area contributed by atoms with Gasteiger partial charge >= 0.3 is 5.97 Å². The van der Waals surface area contributed by atoms with Gasteiger partial charge in [-0.2, -0.15) is 0 Å². The molecule has 19 heavy (non-hydrogen) atoms. The third-order valence-corrected chi connectivity index (χ3v) is 3.28. The zero-order valence-corrected chi connectivity index (χ0v) is 11.0. The lowest BCUT2D eigenvalue weighted by molar-refractivity contribution is -0.144. The van der Waals surface area contributed by atoms with Gasteiger partial charge in [0.1, 0.15) is 10.7 Å². The molecule has 6 nitrogen and oxygen atoms in total. The van der Waals surface area contributed by atoms with Gasteiger partial charge in [-0.1, -0.05) is 0 Å². The van der Waals surface area contributed by atoms with Crippen LogP contribution >= 0.6 is 0 Å². The summed E-state index contributed by atoms with van der Waals surface area (Å²) in [7, 11) is -2.53. The van der Waals surface area contributed by atoms with Crippen LogP contribution in [-0.4, -0.2) is 31.8 Å². The molecule has 102 valence electrons. The van der Waals surface area contributed by atoms with E-state index < -0.39 is 10.7 Å². The van der Waals surface area contributed by atoms with Crippen LogP contribution in [0.5, 0.6) is 0 Å². The maximum absolute atomic E-state index is 11.7. The monoisotopic (exact) mass is 283 g/mol. The van der Waals surface area contributed by atoms with Crippen LogP contribution in [-0.2, 0) is 26.0 Å². The molecule has 0 amide bonds. The minimum Gasteiger partial charge on any atom is -0.457 e. The van der Waals surface area contributed by atoms with Crippen LogP contribution < -0.4 is 0 Å². The molecule has 0 saturated heterocycles. The van der Waals surface area contributed by atoms with Gasteiger partial charge < -0.3 is 4.74 Å². The molecule has 1 aliphatic carbocycles. The van der Waals surface area contributed by atoms with Gasteiger partial charge in [0.2, 0.25) is 5.78 Å². The summed E-state index contributed by atoms with van der Waals surface area (Å²) in [5, 5.41) is 0. The number of carbonyl (C=O) groups excluding carboxylic acids is 2. The number of ketones is 1. The number of nitrogens with zero attached hydrogens (tertiary/aromatic N) is 1. The highest BCUT2D eigenvalue weighted by atomic mass is 32.2. The molecule has 1 aromatic rings. The molecule has 0 N–H and O–H groups in total. The summed E-state index contributed by atoms with van der Waals surface area (Å²) >= 11 is 0. The van der Waals surface area contributed by atoms with Crippen molar-refractivity contribution in [1.29, 1.82) is 0 Å². The maximum Gasteiger partial charge on any atom is 0.309 e. The molecule has 2 rings (SSSR count). The van der Waals surface area contributed by atoms with Gasteiger partial charge in [-0.15, -0.1) is 0 Å². The molecule has 1 fully saturated rings. The summed E-state index contributed by atoms with van der Waals surface area (Å²) in [5.41, 5.74) is 0.677. The second kappa shape index (κ2) is 5.92. The van der Waals surface area contributed by atoms with Gasteiger partial charge in [0.05, 0.1) is 17.4 Å². The standard InChI is InChI=1S/C12H13NO5S/c14-11(6-18-12(15)8-1-2-8)9-3-4-10(13-5-9)7-19(16)17/h3-5,8,19H,1-2,6-7H2. The molecule has 0 bridgehead atoms. The van der Waals surface area contributed by atoms with Crippen molar-refractivity contribution in [1.82, 2.24) is 4.98 Å². The molecule has 7 heteroatoms. The minimum absolute atomic E-state index is 0.0401. The quantitative estimate of drug-likeness (QED) is 0.459. The number of thiol groups is 1. The van der Waals surface area contributed by atoms with Gasteiger partial charge in [0.25, 0.3) is 0 Å². The predicted molar refractivity (Wildman–Crippen MR) is 66.3 cm³/mol. The van der Waals surface area contributed by atoms with E-state index in [1.54, 1.807) is 0 Å². The van der Waals surface area contributed by atoms with Crippen LogP contribution in [0.1, 0.15) is 28.9 Å². The lowest BCUT2D eigenvalue weighted by atomic mass is 10.2. The van der Waals surface area contributed by atoms with E-state index in [0.717, 1.165) is 12.8 Å². The second-order valence-corrected chi connectivity index (χ2v) is 5.32. The van der Waals surface area contributed by atoms with E-state index >= 15 is 0 Å². The Labute approximate surface area is 111 Å². The maximum atomic E-state index is 11.7. The zero-order valence-electron chi connectivity index (χ0n) is 10.1. The highest BCUT2D eigenvalue weighted by Gasteiger charge is 2.31. The lowest BCUT2D eigenvalue weighted by Gasteiger charge is -2.03. The highest BCUT2D eigenvalue weighted by molar-refractivity contribution is 7.71. The van der Waals surface area contributed by atoms with E-state index in [0.29, 0.717) is 11.3 Å². The van der Waals surface area contributed by atoms with E-state index in [2.05, 4.69) is 4.98 Å². The van der Waals surface area contributed by atoms with Crippen molar-refractivity contribution in [2.75, 3.05) is 6.61 Å². The molecule has 1 aromatic heterocycles. The number of Topliss-reactive ketones (excluding diaryl/α,β-unsaturated/α-hetero) is 1. The van der Waals surface area contributed by atoms with E-state index in [9.17, 15) is 18.0 Å². The fourth-order valence-electron chi connectivity index (χ4n) is 1.47. The smallest absolute Gasteiger partial charge is 0.309 e. The summed E-state index contributed by atoms with van der Waals surface area (Å²) in [6, 6.07) is 2.95. The van der Waals surface area contributed by atoms with Crippen LogP contribution in [0.2, 0.25) is 0 Å². The molecule has 0 aliphatic heterocycles. The first kappa shape index (κ1) is 13.7. The summed E-state index contributed by atoms with van der Waals surface area (Å²) < 4.78 is 25.9. The number of hydrogen-bond acceptors (Lipinski definition) is 6. The Kier molecular flexibility index (Phi) is 4.26. The van der Waals surface area contributed by atoms with Crippen molar-refractivity contribution < 1.29 is 22.7 Å². The number of rotatable bonds is 6. The number of aromatic nitrogens is 1. The first-order chi connectivity index (χ1) is 9.06. The van der Waals surface area contributed by atoms with Crippen molar-refractivity contribution >= 4 is 22.5 Å². The molecular formula is C12H13NO5S. The average molecular weight is 283 g/mol. The normalized spacial score (nSPS) is 14.4. The van der Waals surface area contributed by atoms with Crippen LogP contribution in [0.3, 0.4) is 0 Å². The lowest BCUT2D eigenvalue weighted by Crippen LogP contribution is -2.15. The highest BCUT2D eigenvalue weighted by Crippen LogP contribution is 2.30. The summed E-state index contributed by atoms with van der Waals surface area (Å²) in [6.07, 6.45) is 2.95.